The Balaban J connectivity index is 2.28. The van der Waals surface area contributed by atoms with Gasteiger partial charge >= 0.3 is 0 Å². The zero-order chi connectivity index (χ0) is 12.3. The molecule has 0 aliphatic heterocycles. The first-order valence-electron chi connectivity index (χ1n) is 4.83. The Hall–Kier alpha value is -2.13. The molecule has 2 rings (SSSR count). The molecule has 0 bridgehead atoms. The monoisotopic (exact) mass is 243 g/mol. The SMILES string of the molecule is Cc1ccnc(Sc2ccc(N)c(C#N)n2)n1. The molecule has 0 unspecified atom stereocenters. The molecular weight excluding hydrogens is 234 g/mol. The highest BCUT2D eigenvalue weighted by molar-refractivity contribution is 7.99. The van der Waals surface area contributed by atoms with Gasteiger partial charge in [-0.25, -0.2) is 15.0 Å². The Bertz CT molecular complexity index is 591. The van der Waals surface area contributed by atoms with Crippen molar-refractivity contribution in [2.24, 2.45) is 0 Å². The van der Waals surface area contributed by atoms with Crippen LogP contribution in [0.3, 0.4) is 0 Å². The van der Waals surface area contributed by atoms with Crippen LogP contribution >= 0.6 is 11.8 Å². The van der Waals surface area contributed by atoms with Gasteiger partial charge in [0.15, 0.2) is 10.9 Å². The van der Waals surface area contributed by atoms with Crippen LogP contribution in [0.1, 0.15) is 11.4 Å². The highest BCUT2D eigenvalue weighted by Gasteiger charge is 2.05. The largest absolute Gasteiger partial charge is 0.396 e. The molecule has 0 saturated heterocycles. The van der Waals surface area contributed by atoms with Crippen LogP contribution in [0.15, 0.2) is 34.6 Å². The van der Waals surface area contributed by atoms with Gasteiger partial charge in [0, 0.05) is 11.9 Å². The summed E-state index contributed by atoms with van der Waals surface area (Å²) < 4.78 is 0. The van der Waals surface area contributed by atoms with Gasteiger partial charge in [0.2, 0.25) is 0 Å². The normalized spacial score (nSPS) is 9.88. The number of nitrogens with zero attached hydrogens (tertiary/aromatic N) is 4. The van der Waals surface area contributed by atoms with Gasteiger partial charge in [-0.3, -0.25) is 0 Å². The number of pyridine rings is 1. The van der Waals surface area contributed by atoms with Crippen LogP contribution in [0.25, 0.3) is 0 Å². The van der Waals surface area contributed by atoms with Crippen molar-refractivity contribution in [3.63, 3.8) is 0 Å². The number of aryl methyl sites for hydroxylation is 1. The van der Waals surface area contributed by atoms with E-state index in [1.54, 1.807) is 18.3 Å². The molecule has 2 aromatic rings. The third kappa shape index (κ3) is 2.71. The van der Waals surface area contributed by atoms with Gasteiger partial charge in [-0.05, 0) is 36.9 Å². The molecule has 0 aliphatic carbocycles. The van der Waals surface area contributed by atoms with E-state index in [9.17, 15) is 0 Å². The van der Waals surface area contributed by atoms with E-state index in [0.717, 1.165) is 5.69 Å². The van der Waals surface area contributed by atoms with Crippen LogP contribution in [0.4, 0.5) is 5.69 Å². The van der Waals surface area contributed by atoms with Crippen LogP contribution < -0.4 is 5.73 Å². The average Bonchev–Trinajstić information content (AvgIpc) is 2.32. The molecule has 0 aliphatic rings. The molecule has 2 N–H and O–H groups in total. The molecule has 17 heavy (non-hydrogen) atoms. The first-order valence-corrected chi connectivity index (χ1v) is 5.65. The van der Waals surface area contributed by atoms with E-state index in [-0.39, 0.29) is 5.69 Å². The molecule has 6 heteroatoms. The highest BCUT2D eigenvalue weighted by Crippen LogP contribution is 2.24. The van der Waals surface area contributed by atoms with Gasteiger partial charge in [-0.15, -0.1) is 0 Å². The topological polar surface area (TPSA) is 88.5 Å². The molecule has 0 saturated carbocycles. The van der Waals surface area contributed by atoms with Gasteiger partial charge in [0.1, 0.15) is 11.1 Å². The van der Waals surface area contributed by atoms with E-state index in [1.807, 2.05) is 19.1 Å². The number of aromatic nitrogens is 3. The van der Waals surface area contributed by atoms with E-state index >= 15 is 0 Å². The Morgan fingerprint density at radius 2 is 2.12 bits per heavy atom. The maximum atomic E-state index is 8.82. The smallest absolute Gasteiger partial charge is 0.194 e. The predicted octanol–water partition coefficient (Wildman–Crippen LogP) is 1.79. The zero-order valence-electron chi connectivity index (χ0n) is 9.08. The van der Waals surface area contributed by atoms with E-state index in [2.05, 4.69) is 15.0 Å². The lowest BCUT2D eigenvalue weighted by Crippen LogP contribution is -1.95. The molecule has 2 aromatic heterocycles. The molecule has 0 amide bonds. The number of rotatable bonds is 2. The van der Waals surface area contributed by atoms with Gasteiger partial charge in [0.25, 0.3) is 0 Å². The summed E-state index contributed by atoms with van der Waals surface area (Å²) >= 11 is 1.30. The van der Waals surface area contributed by atoms with E-state index in [4.69, 9.17) is 11.0 Å². The van der Waals surface area contributed by atoms with E-state index in [0.29, 0.717) is 15.9 Å². The lowest BCUT2D eigenvalue weighted by molar-refractivity contribution is 0.927. The van der Waals surface area contributed by atoms with Crippen molar-refractivity contribution < 1.29 is 0 Å². The Morgan fingerprint density at radius 3 is 2.82 bits per heavy atom. The van der Waals surface area contributed by atoms with Crippen molar-refractivity contribution in [3.05, 3.63) is 35.8 Å². The summed E-state index contributed by atoms with van der Waals surface area (Å²) in [5.41, 5.74) is 7.08. The fourth-order valence-corrected chi connectivity index (χ4v) is 1.93. The third-order valence-corrected chi connectivity index (χ3v) is 2.79. The first-order chi connectivity index (χ1) is 8.19. The molecule has 0 radical (unpaired) electrons. The van der Waals surface area contributed by atoms with Crippen LogP contribution in [0.2, 0.25) is 0 Å². The maximum Gasteiger partial charge on any atom is 0.194 e. The number of nitriles is 1. The summed E-state index contributed by atoms with van der Waals surface area (Å²) in [6.45, 7) is 1.89. The predicted molar refractivity (Wildman–Crippen MR) is 64.3 cm³/mol. The number of anilines is 1. The molecule has 0 fully saturated rings. The van der Waals surface area contributed by atoms with Crippen molar-refractivity contribution >= 4 is 17.4 Å². The van der Waals surface area contributed by atoms with Crippen molar-refractivity contribution in [1.82, 2.24) is 15.0 Å². The van der Waals surface area contributed by atoms with Crippen LogP contribution in [-0.2, 0) is 0 Å². The first kappa shape index (κ1) is 11.4. The fraction of sp³-hybridized carbons (Fsp3) is 0.0909. The summed E-state index contributed by atoms with van der Waals surface area (Å²) in [5.74, 6) is 0. The Morgan fingerprint density at radius 1 is 1.29 bits per heavy atom. The summed E-state index contributed by atoms with van der Waals surface area (Å²) in [4.78, 5) is 12.5. The number of hydrogen-bond acceptors (Lipinski definition) is 6. The van der Waals surface area contributed by atoms with Crippen molar-refractivity contribution in [2.45, 2.75) is 17.1 Å². The van der Waals surface area contributed by atoms with Crippen molar-refractivity contribution in [2.75, 3.05) is 5.73 Å². The second kappa shape index (κ2) is 4.80. The lowest BCUT2D eigenvalue weighted by Gasteiger charge is -2.01. The van der Waals surface area contributed by atoms with Gasteiger partial charge in [-0.1, -0.05) is 0 Å². The summed E-state index contributed by atoms with van der Waals surface area (Å²) in [7, 11) is 0. The highest BCUT2D eigenvalue weighted by atomic mass is 32.2. The molecule has 0 atom stereocenters. The minimum absolute atomic E-state index is 0.225. The van der Waals surface area contributed by atoms with E-state index < -0.39 is 0 Å². The minimum Gasteiger partial charge on any atom is -0.396 e. The van der Waals surface area contributed by atoms with Crippen LogP contribution in [0, 0.1) is 18.3 Å². The van der Waals surface area contributed by atoms with E-state index in [1.165, 1.54) is 11.8 Å². The quantitative estimate of drug-likeness (QED) is 0.809. The van der Waals surface area contributed by atoms with Gasteiger partial charge in [-0.2, -0.15) is 5.26 Å². The standard InChI is InChI=1S/C11H9N5S/c1-7-4-5-14-11(15-7)17-10-3-2-8(13)9(6-12)16-10/h2-5H,13H2,1H3. The Labute approximate surface area is 103 Å². The number of hydrogen-bond donors (Lipinski definition) is 1. The van der Waals surface area contributed by atoms with Crippen LogP contribution in [-0.4, -0.2) is 15.0 Å². The molecular formula is C11H9N5S. The number of nitrogen functional groups attached to an aromatic ring is 1. The Kier molecular flexibility index (Phi) is 3.21. The van der Waals surface area contributed by atoms with Crippen molar-refractivity contribution in [1.29, 1.82) is 5.26 Å². The molecule has 84 valence electrons. The van der Waals surface area contributed by atoms with Gasteiger partial charge in [0.05, 0.1) is 5.69 Å². The molecule has 5 nitrogen and oxygen atoms in total. The average molecular weight is 243 g/mol. The second-order valence-electron chi connectivity index (χ2n) is 3.28. The third-order valence-electron chi connectivity index (χ3n) is 1.98. The molecule has 0 aromatic carbocycles. The summed E-state index contributed by atoms with van der Waals surface area (Å²) in [6, 6.07) is 7.16. The van der Waals surface area contributed by atoms with Gasteiger partial charge < -0.3 is 5.73 Å². The summed E-state index contributed by atoms with van der Waals surface area (Å²) in [5, 5.41) is 10.1. The molecule has 0 spiro atoms. The number of nitrogens with two attached hydrogens (primary N) is 1. The second-order valence-corrected chi connectivity index (χ2v) is 4.27. The zero-order valence-corrected chi connectivity index (χ0v) is 9.90. The van der Waals surface area contributed by atoms with Crippen LogP contribution in [0.5, 0.6) is 0 Å². The fourth-order valence-electron chi connectivity index (χ4n) is 1.17. The summed E-state index contributed by atoms with van der Waals surface area (Å²) in [6.07, 6.45) is 1.69. The molecule has 2 heterocycles. The lowest BCUT2D eigenvalue weighted by atomic mass is 10.3. The van der Waals surface area contributed by atoms with Crippen molar-refractivity contribution in [3.8, 4) is 6.07 Å². The maximum absolute atomic E-state index is 8.82. The minimum atomic E-state index is 0.225.